The molecule has 0 aliphatic carbocycles. The van der Waals surface area contributed by atoms with Gasteiger partial charge in [0.2, 0.25) is 0 Å². The molecule has 650 valence electrons. The molecular weight excluding hydrogens is 1860 g/mol. The Morgan fingerprint density at radius 3 is 0.843 bits per heavy atom. The molecule has 0 atom stereocenters. The number of hydrogen-bond donors (Lipinski definition) is 0. The van der Waals surface area contributed by atoms with Gasteiger partial charge in [-0.15, -0.1) is 90.7 Å². The Kier molecular flexibility index (Phi) is 16.7. The van der Waals surface area contributed by atoms with E-state index in [2.05, 4.69) is 313 Å². The van der Waals surface area contributed by atoms with Gasteiger partial charge in [-0.25, -0.2) is 0 Å². The zero-order valence-electron chi connectivity index (χ0n) is 73.7. The molecule has 0 fully saturated rings. The fourth-order valence-electron chi connectivity index (χ4n) is 23.5. The van der Waals surface area contributed by atoms with E-state index in [9.17, 15) is 0 Å². The Morgan fingerprint density at radius 2 is 0.479 bits per heavy atom. The Morgan fingerprint density at radius 1 is 0.171 bits per heavy atom. The fraction of sp³-hybridized carbons (Fsp3) is 0. The predicted octanol–water partition coefficient (Wildman–Crippen LogP) is 40.7. The van der Waals surface area contributed by atoms with Crippen LogP contribution in [-0.4, -0.2) is 9.97 Å². The van der Waals surface area contributed by atoms with E-state index in [0.717, 1.165) is 67.5 Å². The van der Waals surface area contributed by atoms with Gasteiger partial charge in [0.1, 0.15) is 23.0 Å². The summed E-state index contributed by atoms with van der Waals surface area (Å²) in [5.41, 5.74) is 19.8. The molecule has 0 saturated carbocycles. The zero-order valence-corrected chi connectivity index (χ0v) is 80.3. The third-order valence-electron chi connectivity index (χ3n) is 29.2. The second-order valence-electron chi connectivity index (χ2n) is 36.4. The average molecular weight is 1930 g/mol. The quantitative estimate of drug-likeness (QED) is 0.111. The maximum Gasteiger partial charge on any atom is 0.135 e. The normalized spacial score (nSPS) is 12.4. The molecule has 0 bridgehead atoms. The summed E-state index contributed by atoms with van der Waals surface area (Å²) >= 11 is 15.4. The average Bonchev–Trinajstić information content (AvgIpc) is 0.788. The van der Waals surface area contributed by atoms with E-state index in [-0.39, 0.29) is 0 Å². The minimum Gasteiger partial charge on any atom is -0.464 e. The second kappa shape index (κ2) is 29.9. The first-order valence-electron chi connectivity index (χ1n) is 46.7. The molecule has 34 rings (SSSR count). The number of furan rings is 4. The Hall–Kier alpha value is -15.8. The van der Waals surface area contributed by atoms with Crippen molar-refractivity contribution in [3.8, 4) is 122 Å². The van der Waals surface area contributed by atoms with Gasteiger partial charge in [0.25, 0.3) is 0 Å². The molecule has 8 aromatic heterocycles. The first-order chi connectivity index (χ1) is 69.5. The summed E-state index contributed by atoms with van der Waals surface area (Å²) in [7, 11) is 0. The molecule has 0 N–H and O–H groups in total. The van der Waals surface area contributed by atoms with Crippen LogP contribution in [0.4, 0.5) is 0 Å². The van der Waals surface area contributed by atoms with Gasteiger partial charge in [-0.1, -0.05) is 218 Å². The highest BCUT2D eigenvalue weighted by molar-refractivity contribution is 7.31. The maximum atomic E-state index is 6.21. The van der Waals surface area contributed by atoms with Crippen LogP contribution in [0.3, 0.4) is 0 Å². The van der Waals surface area contributed by atoms with Gasteiger partial charge in [-0.05, 0) is 219 Å². The highest BCUT2D eigenvalue weighted by atomic mass is 32.1. The zero-order chi connectivity index (χ0) is 91.0. The van der Waals surface area contributed by atoms with E-state index in [1.165, 1.54) is 260 Å². The molecular formula is C126H64N2O4S8. The Bertz CT molecular complexity index is 10300. The van der Waals surface area contributed by atoms with Crippen molar-refractivity contribution in [2.45, 2.75) is 0 Å². The minimum atomic E-state index is 0.855. The summed E-state index contributed by atoms with van der Waals surface area (Å²) in [5.74, 6) is 3.52. The molecule has 14 heteroatoms. The summed E-state index contributed by atoms with van der Waals surface area (Å²) in [6.07, 6.45) is 14.7. The van der Waals surface area contributed by atoms with Gasteiger partial charge in [-0.2, -0.15) is 0 Å². The van der Waals surface area contributed by atoms with Crippen LogP contribution in [0.15, 0.2) is 407 Å². The van der Waals surface area contributed by atoms with Gasteiger partial charge >= 0.3 is 0 Å². The van der Waals surface area contributed by atoms with Crippen molar-refractivity contribution in [1.29, 1.82) is 0 Å². The summed E-state index contributed by atoms with van der Waals surface area (Å²) in [6.45, 7) is 0. The number of pyridine rings is 2. The van der Waals surface area contributed by atoms with Crippen molar-refractivity contribution in [3.05, 3.63) is 390 Å². The van der Waals surface area contributed by atoms with Crippen LogP contribution in [0.1, 0.15) is 0 Å². The summed E-state index contributed by atoms with van der Waals surface area (Å²) in [5, 5.41) is 33.9. The molecule has 20 aromatic carbocycles. The molecule has 0 amide bonds. The largest absolute Gasteiger partial charge is 0.464 e. The minimum absolute atomic E-state index is 0.855. The van der Waals surface area contributed by atoms with Gasteiger partial charge < -0.3 is 17.7 Å². The molecule has 6 nitrogen and oxygen atoms in total. The van der Waals surface area contributed by atoms with Crippen LogP contribution in [0, 0.1) is 0 Å². The van der Waals surface area contributed by atoms with Crippen LogP contribution in [0.2, 0.25) is 0 Å². The number of hydrogen-bond acceptors (Lipinski definition) is 14. The number of rotatable bonds is 8. The van der Waals surface area contributed by atoms with Crippen molar-refractivity contribution < 1.29 is 17.7 Å². The van der Waals surface area contributed by atoms with Crippen molar-refractivity contribution in [1.82, 2.24) is 9.97 Å². The van der Waals surface area contributed by atoms with E-state index in [4.69, 9.17) is 17.7 Å². The standard InChI is InChI=1S/C46H24N2O2S2.C44H22S4.C36H18O2S2/c1-3-13-29-27(11-1)37-31(25-9-5-17-47-23-25)21-33(35-15-7-19-49-35)45-39(37)41-42-40-38(28-12-2-4-14-30(28)44(42)52-45)32(26-10-6-18-48-24-26)22-34(36-16-8-20-50-36)46(40)51-43(29)41;1-7-15-31-23(9-1)21-35(45-31)37-27-13-5-3-11-25(27)29-17-20-34-41-39(29)43(37)47-33-19-18-30-26-12-4-6-14-28(26)38(44(48-34)40(30)42(33)41)36-22-24-10-2-8-16-32(24)46-36;1-3-9-23-19(7-1)21-13-15-25(27-11-5-17-37-27)35-29(21)31-32-30-22(20-8-2-4-10-24(20)34(32)40-35)14-16-26(28-12-6-18-38-28)36(30)39-33(23)31/h1-24H;1-22H;1-18H. The fourth-order valence-corrected chi connectivity index (χ4v) is 34.0. The predicted molar refractivity (Wildman–Crippen MR) is 604 cm³/mol. The SMILES string of the molecule is c1ccc2sc(-c3c4ccccc4c4ccc5sc6c(-c7cc8ccccc8s7)c7ccccc7c7ccc8sc3c4c5-c8c67)cc2c1.c1cncc(-c2cc(-c3ccco3)c3sc4c5c6c(sc7c-5c3c2c2ccccc72)c(-c2ccco2)cc(-c2cccnc2)c6c2ccccc42)c1.c1coc(-c2ccc3c4ccccc4c4sc5c(-c6ccco6)ccc6c7ccccc7c7sc2c3c4-c7c56)c1. The van der Waals surface area contributed by atoms with Crippen molar-refractivity contribution in [2.24, 2.45) is 0 Å². The second-order valence-corrected chi connectivity index (χ2v) is 44.7. The van der Waals surface area contributed by atoms with Gasteiger partial charge in [0.05, 0.1) is 25.1 Å². The van der Waals surface area contributed by atoms with Crippen LogP contribution in [0.25, 0.3) is 328 Å². The van der Waals surface area contributed by atoms with E-state index in [0.29, 0.717) is 0 Å². The topological polar surface area (TPSA) is 78.3 Å². The summed E-state index contributed by atoms with van der Waals surface area (Å²) < 4.78 is 42.8. The van der Waals surface area contributed by atoms with E-state index in [1.54, 1.807) is 25.1 Å². The van der Waals surface area contributed by atoms with Crippen molar-refractivity contribution in [2.75, 3.05) is 0 Å². The van der Waals surface area contributed by atoms with Crippen molar-refractivity contribution >= 4 is 297 Å². The number of thiophene rings is 2. The third-order valence-corrected chi connectivity index (χ3v) is 38.9. The number of nitrogens with zero attached hydrogens (tertiary/aromatic N) is 2. The Labute approximate surface area is 827 Å². The van der Waals surface area contributed by atoms with Crippen molar-refractivity contribution in [3.63, 3.8) is 0 Å². The number of fused-ring (bicyclic) bond motifs is 18. The lowest BCUT2D eigenvalue weighted by atomic mass is 9.83. The molecule has 6 aliphatic heterocycles. The molecule has 0 unspecified atom stereocenters. The third kappa shape index (κ3) is 11.0. The summed E-state index contributed by atoms with van der Waals surface area (Å²) in [6, 6.07) is 124. The van der Waals surface area contributed by atoms with Crippen LogP contribution in [-0.2, 0) is 0 Å². The number of benzene rings is 20. The van der Waals surface area contributed by atoms with Gasteiger partial charge in [0.15, 0.2) is 0 Å². The van der Waals surface area contributed by atoms with E-state index in [1.807, 2.05) is 152 Å². The molecule has 28 aromatic rings. The lowest BCUT2D eigenvalue weighted by molar-refractivity contribution is 0.583. The summed E-state index contributed by atoms with van der Waals surface area (Å²) in [4.78, 5) is 11.9. The Balaban J connectivity index is 0.0000000957. The van der Waals surface area contributed by atoms with E-state index >= 15 is 0 Å². The van der Waals surface area contributed by atoms with Gasteiger partial charge in [-0.3, -0.25) is 9.97 Å². The highest BCUT2D eigenvalue weighted by Gasteiger charge is 2.36. The van der Waals surface area contributed by atoms with Crippen LogP contribution >= 0.6 is 90.7 Å². The van der Waals surface area contributed by atoms with Gasteiger partial charge in [0, 0.05) is 232 Å². The first-order valence-corrected chi connectivity index (χ1v) is 53.2. The highest BCUT2D eigenvalue weighted by Crippen LogP contribution is 2.65. The molecule has 0 radical (unpaired) electrons. The smallest absolute Gasteiger partial charge is 0.135 e. The molecule has 0 saturated heterocycles. The lowest BCUT2D eigenvalue weighted by Gasteiger charge is -2.27. The monoisotopic (exact) mass is 1920 g/mol. The number of aromatic nitrogens is 2. The molecule has 0 spiro atoms. The maximum absolute atomic E-state index is 6.21. The molecule has 14 heterocycles. The lowest BCUT2D eigenvalue weighted by Crippen LogP contribution is -1.99. The molecule has 6 aliphatic rings. The molecule has 140 heavy (non-hydrogen) atoms. The van der Waals surface area contributed by atoms with Crippen LogP contribution < -0.4 is 0 Å². The van der Waals surface area contributed by atoms with E-state index < -0.39 is 0 Å². The first kappa shape index (κ1) is 78.2. The van der Waals surface area contributed by atoms with Crippen LogP contribution in [0.5, 0.6) is 0 Å².